The van der Waals surface area contributed by atoms with Gasteiger partial charge < -0.3 is 27.0 Å². The molecule has 0 aromatic heterocycles. The molecular formula is C13H17N3O5. The average molecular weight is 295 g/mol. The fraction of sp³-hybridized carbons (Fsp3) is 0.308. The van der Waals surface area contributed by atoms with E-state index in [0.29, 0.717) is 5.56 Å². The number of phenols is 1. The Morgan fingerprint density at radius 1 is 1.19 bits per heavy atom. The summed E-state index contributed by atoms with van der Waals surface area (Å²) >= 11 is 0. The molecule has 1 rings (SSSR count). The maximum Gasteiger partial charge on any atom is 0.326 e. The molecule has 0 fully saturated rings. The number of carboxylic acid groups (broad SMARTS) is 1. The summed E-state index contributed by atoms with van der Waals surface area (Å²) in [6.07, 6.45) is -0.345. The highest BCUT2D eigenvalue weighted by molar-refractivity contribution is 5.90. The lowest BCUT2D eigenvalue weighted by Crippen LogP contribution is -2.50. The number of aliphatic carboxylic acids is 1. The second-order valence-corrected chi connectivity index (χ2v) is 4.55. The lowest BCUT2D eigenvalue weighted by Gasteiger charge is -2.17. The Hall–Kier alpha value is -2.61. The molecule has 1 aromatic carbocycles. The van der Waals surface area contributed by atoms with E-state index in [1.807, 2.05) is 0 Å². The Morgan fingerprint density at radius 2 is 1.76 bits per heavy atom. The Bertz CT molecular complexity index is 529. The van der Waals surface area contributed by atoms with Crippen molar-refractivity contribution in [3.63, 3.8) is 0 Å². The summed E-state index contributed by atoms with van der Waals surface area (Å²) in [5.41, 5.74) is 11.0. The summed E-state index contributed by atoms with van der Waals surface area (Å²) in [6, 6.07) is 3.52. The molecule has 1 aromatic rings. The summed E-state index contributed by atoms with van der Waals surface area (Å²) < 4.78 is 0. The maximum atomic E-state index is 11.7. The molecule has 0 spiro atoms. The highest BCUT2D eigenvalue weighted by atomic mass is 16.4. The van der Waals surface area contributed by atoms with Crippen LogP contribution in [0.4, 0.5) is 0 Å². The molecule has 114 valence electrons. The van der Waals surface area contributed by atoms with Gasteiger partial charge in [-0.25, -0.2) is 4.79 Å². The van der Waals surface area contributed by atoms with Crippen LogP contribution < -0.4 is 16.8 Å². The van der Waals surface area contributed by atoms with Crippen molar-refractivity contribution in [2.75, 3.05) is 0 Å². The second-order valence-electron chi connectivity index (χ2n) is 4.55. The summed E-state index contributed by atoms with van der Waals surface area (Å²) in [5.74, 6) is -2.69. The SMILES string of the molecule is NC(=O)C[C@H](N)C(=O)N[C@H](Cc1ccc(O)cc1)C(=O)O. The van der Waals surface area contributed by atoms with Crippen molar-refractivity contribution in [1.82, 2.24) is 5.32 Å². The van der Waals surface area contributed by atoms with Crippen LogP contribution in [-0.2, 0) is 20.8 Å². The van der Waals surface area contributed by atoms with E-state index in [1.165, 1.54) is 12.1 Å². The second kappa shape index (κ2) is 7.25. The van der Waals surface area contributed by atoms with Crippen LogP contribution in [-0.4, -0.2) is 40.1 Å². The fourth-order valence-electron chi connectivity index (χ4n) is 1.66. The monoisotopic (exact) mass is 295 g/mol. The van der Waals surface area contributed by atoms with E-state index in [1.54, 1.807) is 12.1 Å². The fourth-order valence-corrected chi connectivity index (χ4v) is 1.66. The van der Waals surface area contributed by atoms with E-state index in [9.17, 15) is 14.4 Å². The zero-order chi connectivity index (χ0) is 16.0. The summed E-state index contributed by atoms with van der Waals surface area (Å²) in [7, 11) is 0. The van der Waals surface area contributed by atoms with E-state index in [0.717, 1.165) is 0 Å². The van der Waals surface area contributed by atoms with Crippen molar-refractivity contribution in [1.29, 1.82) is 0 Å². The molecule has 0 saturated heterocycles. The van der Waals surface area contributed by atoms with Crippen LogP contribution >= 0.6 is 0 Å². The lowest BCUT2D eigenvalue weighted by atomic mass is 10.0. The molecule has 21 heavy (non-hydrogen) atoms. The number of nitrogens with two attached hydrogens (primary N) is 2. The number of primary amides is 1. The molecule has 0 aliphatic carbocycles. The third-order valence-corrected chi connectivity index (χ3v) is 2.75. The molecular weight excluding hydrogens is 278 g/mol. The first-order valence-corrected chi connectivity index (χ1v) is 6.14. The third-order valence-electron chi connectivity index (χ3n) is 2.75. The van der Waals surface area contributed by atoms with E-state index >= 15 is 0 Å². The van der Waals surface area contributed by atoms with Gasteiger partial charge >= 0.3 is 5.97 Å². The highest BCUT2D eigenvalue weighted by Crippen LogP contribution is 2.11. The van der Waals surface area contributed by atoms with Crippen molar-refractivity contribution < 1.29 is 24.6 Å². The van der Waals surface area contributed by atoms with Crippen LogP contribution in [0.25, 0.3) is 0 Å². The van der Waals surface area contributed by atoms with Gasteiger partial charge in [0.2, 0.25) is 11.8 Å². The molecule has 0 bridgehead atoms. The van der Waals surface area contributed by atoms with Crippen molar-refractivity contribution in [3.05, 3.63) is 29.8 Å². The molecule has 2 atom stereocenters. The topological polar surface area (TPSA) is 156 Å². The number of carboxylic acids is 1. The molecule has 2 amide bonds. The predicted octanol–water partition coefficient (Wildman–Crippen LogP) is -1.29. The van der Waals surface area contributed by atoms with Gasteiger partial charge in [-0.2, -0.15) is 0 Å². The maximum absolute atomic E-state index is 11.7. The number of amides is 2. The van der Waals surface area contributed by atoms with E-state index in [-0.39, 0.29) is 18.6 Å². The number of hydrogen-bond donors (Lipinski definition) is 5. The lowest BCUT2D eigenvalue weighted by molar-refractivity contribution is -0.142. The number of phenolic OH excluding ortho intramolecular Hbond substituents is 1. The Labute approximate surface area is 120 Å². The molecule has 0 heterocycles. The summed E-state index contributed by atoms with van der Waals surface area (Å²) in [6.45, 7) is 0. The number of rotatable bonds is 7. The molecule has 8 heteroatoms. The van der Waals surface area contributed by atoms with Crippen LogP contribution in [0.1, 0.15) is 12.0 Å². The van der Waals surface area contributed by atoms with Crippen molar-refractivity contribution in [3.8, 4) is 5.75 Å². The number of hydrogen-bond acceptors (Lipinski definition) is 5. The molecule has 0 saturated carbocycles. The van der Waals surface area contributed by atoms with Crippen molar-refractivity contribution in [2.45, 2.75) is 24.9 Å². The number of benzene rings is 1. The smallest absolute Gasteiger partial charge is 0.326 e. The first-order chi connectivity index (χ1) is 9.79. The van der Waals surface area contributed by atoms with Gasteiger partial charge in [-0.3, -0.25) is 9.59 Å². The Balaban J connectivity index is 2.69. The summed E-state index contributed by atoms with van der Waals surface area (Å²) in [5, 5.41) is 20.5. The first-order valence-electron chi connectivity index (χ1n) is 6.14. The largest absolute Gasteiger partial charge is 0.508 e. The van der Waals surface area contributed by atoms with Gasteiger partial charge in [-0.05, 0) is 17.7 Å². The number of carbonyl (C=O) groups excluding carboxylic acids is 2. The van der Waals surface area contributed by atoms with Crippen LogP contribution in [0.3, 0.4) is 0 Å². The highest BCUT2D eigenvalue weighted by Gasteiger charge is 2.24. The molecule has 0 aliphatic heterocycles. The standard InChI is InChI=1S/C13H17N3O5/c14-9(6-11(15)18)12(19)16-10(13(20)21)5-7-1-3-8(17)4-2-7/h1-4,9-10,17H,5-6,14H2,(H2,15,18)(H,16,19)(H,20,21)/t9-,10+/m0/s1. The molecule has 0 radical (unpaired) electrons. The zero-order valence-corrected chi connectivity index (χ0v) is 11.2. The van der Waals surface area contributed by atoms with E-state index in [4.69, 9.17) is 21.7 Å². The third kappa shape index (κ3) is 5.49. The van der Waals surface area contributed by atoms with Gasteiger partial charge in [0.1, 0.15) is 11.8 Å². The van der Waals surface area contributed by atoms with Gasteiger partial charge in [0.15, 0.2) is 0 Å². The van der Waals surface area contributed by atoms with Gasteiger partial charge in [0, 0.05) is 6.42 Å². The minimum atomic E-state index is -1.23. The number of aromatic hydroxyl groups is 1. The molecule has 0 aliphatic rings. The van der Waals surface area contributed by atoms with Gasteiger partial charge in [-0.15, -0.1) is 0 Å². The average Bonchev–Trinajstić information content (AvgIpc) is 2.39. The molecule has 8 nitrogen and oxygen atoms in total. The Morgan fingerprint density at radius 3 is 2.24 bits per heavy atom. The Kier molecular flexibility index (Phi) is 5.67. The van der Waals surface area contributed by atoms with Crippen LogP contribution in [0.2, 0.25) is 0 Å². The van der Waals surface area contributed by atoms with Crippen molar-refractivity contribution in [2.24, 2.45) is 11.5 Å². The normalized spacial score (nSPS) is 13.2. The van der Waals surface area contributed by atoms with Gasteiger partial charge in [0.25, 0.3) is 0 Å². The minimum absolute atomic E-state index is 0.0185. The van der Waals surface area contributed by atoms with Crippen LogP contribution in [0.5, 0.6) is 5.75 Å². The minimum Gasteiger partial charge on any atom is -0.508 e. The zero-order valence-electron chi connectivity index (χ0n) is 11.2. The predicted molar refractivity (Wildman–Crippen MR) is 73.2 cm³/mol. The van der Waals surface area contributed by atoms with Gasteiger partial charge in [-0.1, -0.05) is 12.1 Å². The van der Waals surface area contributed by atoms with E-state index < -0.39 is 29.9 Å². The summed E-state index contributed by atoms with van der Waals surface area (Å²) in [4.78, 5) is 33.5. The first kappa shape index (κ1) is 16.4. The van der Waals surface area contributed by atoms with E-state index in [2.05, 4.69) is 5.32 Å². The van der Waals surface area contributed by atoms with Crippen LogP contribution in [0.15, 0.2) is 24.3 Å². The molecule has 0 unspecified atom stereocenters. The number of carbonyl (C=O) groups is 3. The van der Waals surface area contributed by atoms with Gasteiger partial charge in [0.05, 0.1) is 12.5 Å². The quantitative estimate of drug-likeness (QED) is 0.421. The van der Waals surface area contributed by atoms with Crippen LogP contribution in [0, 0.1) is 0 Å². The number of nitrogens with one attached hydrogen (secondary N) is 1. The molecule has 7 N–H and O–H groups in total. The van der Waals surface area contributed by atoms with Crippen molar-refractivity contribution >= 4 is 17.8 Å².